The van der Waals surface area contributed by atoms with Crippen molar-refractivity contribution in [2.24, 2.45) is 21.9 Å². The fourth-order valence-corrected chi connectivity index (χ4v) is 6.91. The molecule has 1 aromatic carbocycles. The number of benzene rings is 1. The largest absolute Gasteiger partial charge is 0.480 e. The zero-order valence-corrected chi connectivity index (χ0v) is 17.8. The maximum Gasteiger partial charge on any atom is 0.422 e. The molecule has 0 bridgehead atoms. The molecule has 1 spiro atoms. The van der Waals surface area contributed by atoms with Crippen molar-refractivity contribution in [2.75, 3.05) is 6.61 Å². The predicted molar refractivity (Wildman–Crippen MR) is 105 cm³/mol. The van der Waals surface area contributed by atoms with Crippen molar-refractivity contribution >= 4 is 15.9 Å². The van der Waals surface area contributed by atoms with Crippen molar-refractivity contribution in [1.29, 1.82) is 0 Å². The molecule has 4 aliphatic rings. The van der Waals surface area contributed by atoms with E-state index in [-0.39, 0.29) is 28.4 Å². The highest BCUT2D eigenvalue weighted by Crippen LogP contribution is 2.80. The summed E-state index contributed by atoms with van der Waals surface area (Å²) < 4.78 is 70.8. The highest BCUT2D eigenvalue weighted by atomic mass is 32.2. The second-order valence-electron chi connectivity index (χ2n) is 9.43. The van der Waals surface area contributed by atoms with E-state index in [1.54, 1.807) is 0 Å². The van der Waals surface area contributed by atoms with E-state index in [2.05, 4.69) is 6.92 Å². The number of aryl methyl sites for hydroxylation is 1. The Hall–Kier alpha value is -1.78. The fraction of sp³-hybridized carbons (Fsp3) is 0.619. The number of hydrogen-bond donors (Lipinski definition) is 2. The summed E-state index contributed by atoms with van der Waals surface area (Å²) >= 11 is 0. The van der Waals surface area contributed by atoms with E-state index in [4.69, 9.17) is 14.1 Å². The third kappa shape index (κ3) is 3.17. The molecule has 10 heteroatoms. The van der Waals surface area contributed by atoms with Crippen LogP contribution in [0.1, 0.15) is 50.2 Å². The van der Waals surface area contributed by atoms with Crippen LogP contribution in [0.4, 0.5) is 13.2 Å². The number of fused-ring (bicyclic) bond motifs is 2. The van der Waals surface area contributed by atoms with E-state index in [0.29, 0.717) is 18.8 Å². The molecule has 31 heavy (non-hydrogen) atoms. The Balaban J connectivity index is 1.59. The summed E-state index contributed by atoms with van der Waals surface area (Å²) in [6.07, 6.45) is -0.201. The van der Waals surface area contributed by atoms with Gasteiger partial charge in [-0.1, -0.05) is 12.5 Å². The summed E-state index contributed by atoms with van der Waals surface area (Å²) in [7, 11) is -4.43. The summed E-state index contributed by atoms with van der Waals surface area (Å²) in [6.45, 7) is 0.583. The van der Waals surface area contributed by atoms with Crippen molar-refractivity contribution in [3.63, 3.8) is 0 Å². The van der Waals surface area contributed by atoms with Crippen molar-refractivity contribution in [2.45, 2.75) is 57.7 Å². The molecule has 0 amide bonds. The summed E-state index contributed by atoms with van der Waals surface area (Å²) in [5, 5.41) is 15.6. The summed E-state index contributed by atoms with van der Waals surface area (Å²) in [4.78, 5) is 0. The number of hydrogen-bond acceptors (Lipinski definition) is 5. The van der Waals surface area contributed by atoms with Crippen LogP contribution in [-0.4, -0.2) is 32.4 Å². The first-order valence-electron chi connectivity index (χ1n) is 10.3. The van der Waals surface area contributed by atoms with Crippen LogP contribution in [-0.2, 0) is 16.7 Å². The lowest BCUT2D eigenvalue weighted by Crippen LogP contribution is -2.41. The Morgan fingerprint density at radius 2 is 1.97 bits per heavy atom. The number of rotatable bonds is 4. The van der Waals surface area contributed by atoms with Gasteiger partial charge < -0.3 is 14.0 Å². The number of halogens is 3. The van der Waals surface area contributed by atoms with Gasteiger partial charge in [0.05, 0.1) is 6.10 Å². The summed E-state index contributed by atoms with van der Waals surface area (Å²) in [5.74, 6) is -0.192. The Labute approximate surface area is 178 Å². The molecule has 170 valence electrons. The molecule has 0 radical (unpaired) electrons. The van der Waals surface area contributed by atoms with E-state index >= 15 is 0 Å². The molecule has 2 fully saturated rings. The Kier molecular flexibility index (Phi) is 4.34. The SMILES string of the molecule is C[C@]12CCC3=C(CCc4cc(OS(N)(=O)=O)c(OCC(F)(F)F)cc43)[C@@]13C[C@H]3C[C@H]2O. The van der Waals surface area contributed by atoms with E-state index in [9.17, 15) is 26.7 Å². The van der Waals surface area contributed by atoms with E-state index in [1.165, 1.54) is 17.7 Å². The molecular formula is C21H24F3NO5S. The van der Waals surface area contributed by atoms with E-state index in [1.807, 2.05) is 0 Å². The monoisotopic (exact) mass is 459 g/mol. The minimum atomic E-state index is -4.59. The second-order valence-corrected chi connectivity index (χ2v) is 10.6. The third-order valence-electron chi connectivity index (χ3n) is 7.90. The molecule has 0 heterocycles. The van der Waals surface area contributed by atoms with Gasteiger partial charge in [0.15, 0.2) is 18.1 Å². The van der Waals surface area contributed by atoms with Crippen LogP contribution >= 0.6 is 0 Å². The van der Waals surface area contributed by atoms with Crippen LogP contribution in [0.2, 0.25) is 0 Å². The molecule has 0 aliphatic heterocycles. The first kappa shape index (κ1) is 21.1. The standard InChI is InChI=1S/C21H24F3NO5S/c1-19-5-4-13-14-8-16(29-10-21(22,23)24)17(30-31(25,27)28)6-11(14)2-3-15(13)20(19)9-12(20)7-18(19)26/h6,8,12,18,26H,2-5,7,9-10H2,1H3,(H2,25,27,28)/t12-,18-,19-,20+/m1/s1. The predicted octanol–water partition coefficient (Wildman–Crippen LogP) is 3.48. The first-order valence-corrected chi connectivity index (χ1v) is 11.8. The van der Waals surface area contributed by atoms with Gasteiger partial charge in [0.2, 0.25) is 0 Å². The van der Waals surface area contributed by atoms with Gasteiger partial charge in [0.25, 0.3) is 0 Å². The number of aliphatic hydroxyl groups is 1. The minimum Gasteiger partial charge on any atom is -0.480 e. The van der Waals surface area contributed by atoms with Crippen LogP contribution in [0, 0.1) is 16.7 Å². The fourth-order valence-electron chi connectivity index (χ4n) is 6.53. The number of allylic oxidation sites excluding steroid dienone is 2. The zero-order chi connectivity index (χ0) is 22.4. The normalized spacial score (nSPS) is 33.9. The van der Waals surface area contributed by atoms with Gasteiger partial charge in [-0.3, -0.25) is 0 Å². The molecule has 4 atom stereocenters. The summed E-state index contributed by atoms with van der Waals surface area (Å²) in [5.41, 5.74) is 3.78. The lowest BCUT2D eigenvalue weighted by atomic mass is 9.59. The van der Waals surface area contributed by atoms with Gasteiger partial charge in [0.1, 0.15) is 0 Å². The van der Waals surface area contributed by atoms with E-state index in [0.717, 1.165) is 42.4 Å². The molecule has 0 aromatic heterocycles. The molecule has 6 nitrogen and oxygen atoms in total. The Morgan fingerprint density at radius 1 is 1.23 bits per heavy atom. The van der Waals surface area contributed by atoms with Gasteiger partial charge in [0, 0.05) is 10.8 Å². The van der Waals surface area contributed by atoms with Gasteiger partial charge in [-0.25, -0.2) is 0 Å². The first-order chi connectivity index (χ1) is 14.3. The average molecular weight is 459 g/mol. The summed E-state index contributed by atoms with van der Waals surface area (Å²) in [6, 6.07) is 2.88. The number of ether oxygens (including phenoxy) is 1. The molecule has 4 aliphatic carbocycles. The molecule has 2 saturated carbocycles. The van der Waals surface area contributed by atoms with Gasteiger partial charge >= 0.3 is 16.5 Å². The van der Waals surface area contributed by atoms with Crippen LogP contribution < -0.4 is 14.1 Å². The maximum atomic E-state index is 12.8. The van der Waals surface area contributed by atoms with Crippen LogP contribution in [0.15, 0.2) is 17.7 Å². The van der Waals surface area contributed by atoms with Crippen molar-refractivity contribution in [3.05, 3.63) is 28.8 Å². The van der Waals surface area contributed by atoms with Gasteiger partial charge in [-0.15, -0.1) is 0 Å². The second kappa shape index (κ2) is 6.39. The lowest BCUT2D eigenvalue weighted by molar-refractivity contribution is -0.153. The van der Waals surface area contributed by atoms with Gasteiger partial charge in [-0.2, -0.15) is 26.7 Å². The Morgan fingerprint density at radius 3 is 2.65 bits per heavy atom. The average Bonchev–Trinajstić information content (AvgIpc) is 3.30. The quantitative estimate of drug-likeness (QED) is 0.718. The Bertz CT molecular complexity index is 1100. The van der Waals surface area contributed by atoms with Crippen LogP contribution in [0.25, 0.3) is 5.57 Å². The van der Waals surface area contributed by atoms with Gasteiger partial charge in [-0.05, 0) is 73.3 Å². The maximum absolute atomic E-state index is 12.8. The van der Waals surface area contributed by atoms with Crippen LogP contribution in [0.3, 0.4) is 0 Å². The third-order valence-corrected chi connectivity index (χ3v) is 8.31. The van der Waals surface area contributed by atoms with Crippen molar-refractivity contribution in [1.82, 2.24) is 0 Å². The molecule has 5 rings (SSSR count). The number of aliphatic hydroxyl groups excluding tert-OH is 1. The molecule has 0 saturated heterocycles. The number of nitrogens with two attached hydrogens (primary N) is 1. The molecular weight excluding hydrogens is 435 g/mol. The lowest BCUT2D eigenvalue weighted by Gasteiger charge is -2.46. The van der Waals surface area contributed by atoms with Crippen molar-refractivity contribution < 1.29 is 35.6 Å². The molecule has 0 unspecified atom stereocenters. The topological polar surface area (TPSA) is 98.9 Å². The number of alkyl halides is 3. The zero-order valence-electron chi connectivity index (χ0n) is 17.0. The molecule has 3 N–H and O–H groups in total. The van der Waals surface area contributed by atoms with Crippen molar-refractivity contribution in [3.8, 4) is 11.5 Å². The smallest absolute Gasteiger partial charge is 0.422 e. The highest BCUT2D eigenvalue weighted by Gasteiger charge is 2.74. The highest BCUT2D eigenvalue weighted by molar-refractivity contribution is 7.84. The van der Waals surface area contributed by atoms with E-state index < -0.39 is 23.1 Å². The van der Waals surface area contributed by atoms with Crippen LogP contribution in [0.5, 0.6) is 11.5 Å². The minimum absolute atomic E-state index is 0.0273. The molecule has 1 aromatic rings.